The van der Waals surface area contributed by atoms with E-state index in [0.29, 0.717) is 0 Å². The average molecular weight is 302 g/mol. The first kappa shape index (κ1) is 13.6. The van der Waals surface area contributed by atoms with Crippen LogP contribution in [0.5, 0.6) is 0 Å². The number of hydrogen-bond donors (Lipinski definition) is 1. The quantitative estimate of drug-likeness (QED) is 0.703. The summed E-state index contributed by atoms with van der Waals surface area (Å²) in [7, 11) is 2.00. The van der Waals surface area contributed by atoms with Crippen molar-refractivity contribution in [2.75, 3.05) is 7.05 Å². The van der Waals surface area contributed by atoms with Crippen molar-refractivity contribution in [2.45, 2.75) is 13.0 Å². The lowest BCUT2D eigenvalue weighted by Gasteiger charge is -2.19. The van der Waals surface area contributed by atoms with Gasteiger partial charge in [0.1, 0.15) is 0 Å². The molecule has 0 bridgehead atoms. The summed E-state index contributed by atoms with van der Waals surface area (Å²) < 4.78 is 1.32. The number of hydrogen-bond acceptors (Lipinski definition) is 2. The van der Waals surface area contributed by atoms with Gasteiger partial charge in [0.15, 0.2) is 0 Å². The van der Waals surface area contributed by atoms with E-state index < -0.39 is 0 Å². The molecular weight excluding hydrogens is 286 g/mol. The average Bonchev–Trinajstić information content (AvgIpc) is 2.88. The van der Waals surface area contributed by atoms with Gasteiger partial charge in [-0.3, -0.25) is 0 Å². The molecule has 0 fully saturated rings. The number of benzene rings is 2. The predicted molar refractivity (Wildman–Crippen MR) is 88.9 cm³/mol. The fourth-order valence-corrected chi connectivity index (χ4v) is 3.81. The van der Waals surface area contributed by atoms with Crippen LogP contribution in [0.3, 0.4) is 0 Å². The molecular formula is C17H16ClNS. The van der Waals surface area contributed by atoms with Crippen LogP contribution < -0.4 is 5.32 Å². The van der Waals surface area contributed by atoms with Crippen molar-refractivity contribution in [3.05, 3.63) is 69.6 Å². The first-order valence-corrected chi connectivity index (χ1v) is 7.86. The summed E-state index contributed by atoms with van der Waals surface area (Å²) in [6.45, 7) is 2.08. The highest BCUT2D eigenvalue weighted by atomic mass is 35.5. The van der Waals surface area contributed by atoms with E-state index in [4.69, 9.17) is 11.6 Å². The van der Waals surface area contributed by atoms with Crippen LogP contribution in [-0.2, 0) is 0 Å². The summed E-state index contributed by atoms with van der Waals surface area (Å²) in [5, 5.41) is 7.81. The van der Waals surface area contributed by atoms with Crippen molar-refractivity contribution in [1.82, 2.24) is 5.32 Å². The molecule has 1 atom stereocenters. The van der Waals surface area contributed by atoms with Crippen molar-refractivity contribution in [3.8, 4) is 0 Å². The third-order valence-corrected chi connectivity index (χ3v) is 5.12. The van der Waals surface area contributed by atoms with Crippen LogP contribution >= 0.6 is 22.9 Å². The fraction of sp³-hybridized carbons (Fsp3) is 0.176. The van der Waals surface area contributed by atoms with Gasteiger partial charge in [-0.15, -0.1) is 11.3 Å². The number of rotatable bonds is 3. The van der Waals surface area contributed by atoms with Crippen LogP contribution in [0.1, 0.15) is 22.7 Å². The second-order valence-corrected chi connectivity index (χ2v) is 6.18. The van der Waals surface area contributed by atoms with Crippen molar-refractivity contribution >= 4 is 33.0 Å². The summed E-state index contributed by atoms with van der Waals surface area (Å²) in [6, 6.07) is 14.8. The SMILES string of the molecule is CNC(c1cccc(Cl)c1C)c1csc2ccccc12. The Morgan fingerprint density at radius 2 is 1.85 bits per heavy atom. The Morgan fingerprint density at radius 1 is 1.05 bits per heavy atom. The van der Waals surface area contributed by atoms with Gasteiger partial charge in [-0.05, 0) is 53.6 Å². The Bertz CT molecular complexity index is 748. The Labute approximate surface area is 128 Å². The van der Waals surface area contributed by atoms with E-state index in [2.05, 4.69) is 48.0 Å². The Morgan fingerprint density at radius 3 is 2.65 bits per heavy atom. The zero-order valence-corrected chi connectivity index (χ0v) is 13.1. The molecule has 1 aromatic heterocycles. The summed E-state index contributed by atoms with van der Waals surface area (Å²) in [4.78, 5) is 0. The molecule has 0 radical (unpaired) electrons. The van der Waals surface area contributed by atoms with Crippen molar-refractivity contribution < 1.29 is 0 Å². The third-order valence-electron chi connectivity index (χ3n) is 3.73. The lowest BCUT2D eigenvalue weighted by atomic mass is 9.95. The molecule has 20 heavy (non-hydrogen) atoms. The van der Waals surface area contributed by atoms with Crippen molar-refractivity contribution in [1.29, 1.82) is 0 Å². The van der Waals surface area contributed by atoms with Crippen LogP contribution in [0, 0.1) is 6.92 Å². The van der Waals surface area contributed by atoms with Crippen molar-refractivity contribution in [2.24, 2.45) is 0 Å². The highest BCUT2D eigenvalue weighted by Crippen LogP contribution is 2.35. The first-order chi connectivity index (χ1) is 9.72. The van der Waals surface area contributed by atoms with E-state index in [1.165, 1.54) is 21.2 Å². The topological polar surface area (TPSA) is 12.0 Å². The van der Waals surface area contributed by atoms with Gasteiger partial charge in [0.25, 0.3) is 0 Å². The maximum atomic E-state index is 6.27. The van der Waals surface area contributed by atoms with Gasteiger partial charge in [-0.25, -0.2) is 0 Å². The van der Waals surface area contributed by atoms with E-state index in [0.717, 1.165) is 10.6 Å². The van der Waals surface area contributed by atoms with Gasteiger partial charge in [-0.1, -0.05) is 41.9 Å². The Balaban J connectivity index is 2.17. The van der Waals surface area contributed by atoms with Crippen LogP contribution in [0.2, 0.25) is 5.02 Å². The van der Waals surface area contributed by atoms with Gasteiger partial charge in [0.05, 0.1) is 6.04 Å². The van der Waals surface area contributed by atoms with Gasteiger partial charge < -0.3 is 5.32 Å². The highest BCUT2D eigenvalue weighted by Gasteiger charge is 2.18. The normalized spacial score (nSPS) is 12.8. The van der Waals surface area contributed by atoms with E-state index in [1.807, 2.05) is 19.2 Å². The van der Waals surface area contributed by atoms with E-state index in [1.54, 1.807) is 11.3 Å². The smallest absolute Gasteiger partial charge is 0.0591 e. The lowest BCUT2D eigenvalue weighted by Crippen LogP contribution is -2.18. The van der Waals surface area contributed by atoms with Gasteiger partial charge in [0.2, 0.25) is 0 Å². The zero-order valence-electron chi connectivity index (χ0n) is 11.5. The van der Waals surface area contributed by atoms with Gasteiger partial charge in [-0.2, -0.15) is 0 Å². The van der Waals surface area contributed by atoms with Gasteiger partial charge >= 0.3 is 0 Å². The van der Waals surface area contributed by atoms with E-state index in [-0.39, 0.29) is 6.04 Å². The second-order valence-electron chi connectivity index (χ2n) is 4.86. The van der Waals surface area contributed by atoms with E-state index in [9.17, 15) is 0 Å². The predicted octanol–water partition coefficient (Wildman–Crippen LogP) is 5.17. The molecule has 3 rings (SSSR count). The second kappa shape index (κ2) is 5.57. The molecule has 0 aliphatic rings. The maximum Gasteiger partial charge on any atom is 0.0591 e. The van der Waals surface area contributed by atoms with E-state index >= 15 is 0 Å². The molecule has 0 saturated heterocycles. The molecule has 1 nitrogen and oxygen atoms in total. The minimum Gasteiger partial charge on any atom is -0.309 e. The molecule has 0 aliphatic heterocycles. The summed E-state index contributed by atoms with van der Waals surface area (Å²) in [5.41, 5.74) is 3.70. The number of fused-ring (bicyclic) bond motifs is 1. The minimum absolute atomic E-state index is 0.171. The minimum atomic E-state index is 0.171. The summed E-state index contributed by atoms with van der Waals surface area (Å²) in [5.74, 6) is 0. The molecule has 2 aromatic carbocycles. The maximum absolute atomic E-state index is 6.27. The molecule has 0 aliphatic carbocycles. The lowest BCUT2D eigenvalue weighted by molar-refractivity contribution is 0.694. The van der Waals surface area contributed by atoms with Gasteiger partial charge in [0, 0.05) is 9.72 Å². The highest BCUT2D eigenvalue weighted by molar-refractivity contribution is 7.17. The Hall–Kier alpha value is -1.35. The summed E-state index contributed by atoms with van der Waals surface area (Å²) in [6.07, 6.45) is 0. The Kier molecular flexibility index (Phi) is 3.79. The number of halogens is 1. The first-order valence-electron chi connectivity index (χ1n) is 6.60. The van der Waals surface area contributed by atoms with Crippen molar-refractivity contribution in [3.63, 3.8) is 0 Å². The summed E-state index contributed by atoms with van der Waals surface area (Å²) >= 11 is 8.06. The zero-order chi connectivity index (χ0) is 14.1. The molecule has 3 heteroatoms. The molecule has 0 saturated carbocycles. The molecule has 0 spiro atoms. The molecule has 0 amide bonds. The molecule has 102 valence electrons. The monoisotopic (exact) mass is 301 g/mol. The molecule has 1 heterocycles. The van der Waals surface area contributed by atoms with Crippen LogP contribution in [0.15, 0.2) is 47.8 Å². The third kappa shape index (κ3) is 2.24. The van der Waals surface area contributed by atoms with Crippen LogP contribution in [0.4, 0.5) is 0 Å². The molecule has 1 N–H and O–H groups in total. The largest absolute Gasteiger partial charge is 0.309 e. The number of thiophene rings is 1. The molecule has 3 aromatic rings. The van der Waals surface area contributed by atoms with Crippen LogP contribution in [0.25, 0.3) is 10.1 Å². The fourth-order valence-electron chi connectivity index (χ4n) is 2.64. The van der Waals surface area contributed by atoms with Crippen LogP contribution in [-0.4, -0.2) is 7.05 Å². The number of nitrogens with one attached hydrogen (secondary N) is 1. The molecule has 1 unspecified atom stereocenters. The standard InChI is InChI=1S/C17H16ClNS/c1-11-12(7-5-8-15(11)18)17(19-2)14-10-20-16-9-4-3-6-13(14)16/h3-10,17,19H,1-2H3.